The second-order valence-corrected chi connectivity index (χ2v) is 6.73. The van der Waals surface area contributed by atoms with Gasteiger partial charge in [-0.1, -0.05) is 0 Å². The Morgan fingerprint density at radius 3 is 2.74 bits per heavy atom. The molecule has 23 heavy (non-hydrogen) atoms. The maximum Gasteiger partial charge on any atom is 0.407 e. The number of ether oxygens (including phenoxy) is 1. The Balaban J connectivity index is 2.07. The molecule has 3 N–H and O–H groups in total. The van der Waals surface area contributed by atoms with Gasteiger partial charge in [-0.3, -0.25) is 0 Å². The molecule has 1 aliphatic heterocycles. The molecule has 0 unspecified atom stereocenters. The normalized spacial score (nSPS) is 18.7. The van der Waals surface area contributed by atoms with Gasteiger partial charge in [0.25, 0.3) is 0 Å². The lowest BCUT2D eigenvalue weighted by Gasteiger charge is -2.35. The van der Waals surface area contributed by atoms with Crippen LogP contribution in [0.15, 0.2) is 12.1 Å². The van der Waals surface area contributed by atoms with E-state index in [0.717, 1.165) is 18.9 Å². The summed E-state index contributed by atoms with van der Waals surface area (Å²) in [6, 6.07) is 2.15. The second-order valence-electron chi connectivity index (χ2n) is 6.73. The predicted molar refractivity (Wildman–Crippen MR) is 85.4 cm³/mol. The van der Waals surface area contributed by atoms with Crippen LogP contribution in [-0.2, 0) is 4.74 Å². The maximum atomic E-state index is 14.1. The number of nitrogens with zero attached hydrogens (tertiary/aromatic N) is 1. The van der Waals surface area contributed by atoms with E-state index in [1.165, 1.54) is 6.07 Å². The molecule has 1 fully saturated rings. The molecule has 0 aliphatic carbocycles. The minimum atomic E-state index is -0.956. The zero-order valence-electron chi connectivity index (χ0n) is 13.7. The number of halogens is 2. The minimum absolute atomic E-state index is 0.0562. The van der Waals surface area contributed by atoms with E-state index >= 15 is 0 Å². The number of anilines is 2. The number of nitrogen functional groups attached to an aromatic ring is 1. The third-order valence-corrected chi connectivity index (χ3v) is 3.56. The van der Waals surface area contributed by atoms with E-state index in [1.54, 1.807) is 25.7 Å². The fraction of sp³-hybridized carbons (Fsp3) is 0.562. The highest BCUT2D eigenvalue weighted by molar-refractivity contribution is 5.70. The van der Waals surface area contributed by atoms with Crippen molar-refractivity contribution in [3.8, 4) is 0 Å². The van der Waals surface area contributed by atoms with Crippen molar-refractivity contribution in [2.75, 3.05) is 23.7 Å². The van der Waals surface area contributed by atoms with Crippen molar-refractivity contribution in [1.29, 1.82) is 0 Å². The molecule has 7 heteroatoms. The molecule has 0 spiro atoms. The molecule has 1 aromatic rings. The van der Waals surface area contributed by atoms with Gasteiger partial charge in [0.2, 0.25) is 0 Å². The number of amides is 1. The lowest BCUT2D eigenvalue weighted by molar-refractivity contribution is 0.0500. The third-order valence-electron chi connectivity index (χ3n) is 3.56. The van der Waals surface area contributed by atoms with Crippen molar-refractivity contribution >= 4 is 17.5 Å². The highest BCUT2D eigenvalue weighted by atomic mass is 19.2. The van der Waals surface area contributed by atoms with Gasteiger partial charge in [-0.15, -0.1) is 0 Å². The van der Waals surface area contributed by atoms with Gasteiger partial charge < -0.3 is 20.7 Å². The monoisotopic (exact) mass is 327 g/mol. The molecule has 1 heterocycles. The number of carbonyl (C=O) groups excluding carboxylic acids is 1. The van der Waals surface area contributed by atoms with Crippen LogP contribution in [0.4, 0.5) is 25.0 Å². The van der Waals surface area contributed by atoms with E-state index in [4.69, 9.17) is 10.5 Å². The SMILES string of the molecule is CC(C)(C)OC(=O)N[C@@H]1CCCN(c2c(N)ccc(F)c2F)C1. The van der Waals surface area contributed by atoms with Crippen LogP contribution in [0.2, 0.25) is 0 Å². The fourth-order valence-corrected chi connectivity index (χ4v) is 2.65. The molecule has 2 rings (SSSR count). The van der Waals surface area contributed by atoms with Crippen LogP contribution in [0.1, 0.15) is 33.6 Å². The summed E-state index contributed by atoms with van der Waals surface area (Å²) in [7, 11) is 0. The summed E-state index contributed by atoms with van der Waals surface area (Å²) in [5.41, 5.74) is 5.44. The smallest absolute Gasteiger partial charge is 0.407 e. The summed E-state index contributed by atoms with van der Waals surface area (Å²) >= 11 is 0. The zero-order chi connectivity index (χ0) is 17.2. The molecule has 128 valence electrons. The van der Waals surface area contributed by atoms with Crippen molar-refractivity contribution < 1.29 is 18.3 Å². The summed E-state index contributed by atoms with van der Waals surface area (Å²) < 4.78 is 32.7. The van der Waals surface area contributed by atoms with Crippen molar-refractivity contribution in [1.82, 2.24) is 5.32 Å². The molecule has 1 aromatic carbocycles. The Morgan fingerprint density at radius 1 is 1.39 bits per heavy atom. The van der Waals surface area contributed by atoms with Gasteiger partial charge in [0.05, 0.1) is 11.4 Å². The molecule has 1 saturated heterocycles. The topological polar surface area (TPSA) is 67.6 Å². The largest absolute Gasteiger partial charge is 0.444 e. The Kier molecular flexibility index (Phi) is 4.97. The Hall–Kier alpha value is -2.05. The van der Waals surface area contributed by atoms with E-state index < -0.39 is 23.3 Å². The molecular formula is C16H23F2N3O2. The average molecular weight is 327 g/mol. The summed E-state index contributed by atoms with van der Waals surface area (Å²) in [6.07, 6.45) is 0.958. The van der Waals surface area contributed by atoms with Gasteiger partial charge in [0.15, 0.2) is 11.6 Å². The number of hydrogen-bond acceptors (Lipinski definition) is 4. The van der Waals surface area contributed by atoms with E-state index in [0.29, 0.717) is 13.1 Å². The number of benzene rings is 1. The first kappa shape index (κ1) is 17.3. The Morgan fingerprint density at radius 2 is 2.09 bits per heavy atom. The number of hydrogen-bond donors (Lipinski definition) is 2. The molecule has 0 aromatic heterocycles. The average Bonchev–Trinajstić information content (AvgIpc) is 2.42. The number of nitrogens with two attached hydrogens (primary N) is 1. The molecule has 1 atom stereocenters. The van der Waals surface area contributed by atoms with Crippen molar-refractivity contribution in [2.45, 2.75) is 45.3 Å². The van der Waals surface area contributed by atoms with Crippen LogP contribution in [0.3, 0.4) is 0 Å². The summed E-state index contributed by atoms with van der Waals surface area (Å²) in [5.74, 6) is -1.89. The molecule has 0 saturated carbocycles. The van der Waals surface area contributed by atoms with Gasteiger partial charge >= 0.3 is 6.09 Å². The summed E-state index contributed by atoms with van der Waals surface area (Å²) in [4.78, 5) is 13.5. The van der Waals surface area contributed by atoms with E-state index in [1.807, 2.05) is 0 Å². The first-order chi connectivity index (χ1) is 10.7. The van der Waals surface area contributed by atoms with Crippen molar-refractivity contribution in [2.24, 2.45) is 0 Å². The summed E-state index contributed by atoms with van der Waals surface area (Å²) in [5, 5.41) is 2.77. The predicted octanol–water partition coefficient (Wildman–Crippen LogP) is 3.04. The van der Waals surface area contributed by atoms with E-state index in [-0.39, 0.29) is 17.4 Å². The third kappa shape index (κ3) is 4.46. The quantitative estimate of drug-likeness (QED) is 0.819. The van der Waals surface area contributed by atoms with Crippen LogP contribution < -0.4 is 16.0 Å². The number of alkyl carbamates (subject to hydrolysis) is 1. The zero-order valence-corrected chi connectivity index (χ0v) is 13.7. The Bertz CT molecular complexity index is 587. The molecule has 5 nitrogen and oxygen atoms in total. The van der Waals surface area contributed by atoms with Gasteiger partial charge in [0, 0.05) is 19.1 Å². The van der Waals surface area contributed by atoms with Gasteiger partial charge in [-0.2, -0.15) is 0 Å². The molecular weight excluding hydrogens is 304 g/mol. The van der Waals surface area contributed by atoms with Crippen LogP contribution >= 0.6 is 0 Å². The van der Waals surface area contributed by atoms with Crippen molar-refractivity contribution in [3.05, 3.63) is 23.8 Å². The van der Waals surface area contributed by atoms with Crippen LogP contribution in [0.25, 0.3) is 0 Å². The second kappa shape index (κ2) is 6.60. The maximum absolute atomic E-state index is 14.1. The number of nitrogens with one attached hydrogen (secondary N) is 1. The fourth-order valence-electron chi connectivity index (χ4n) is 2.65. The van der Waals surface area contributed by atoms with Gasteiger partial charge in [-0.05, 0) is 45.7 Å². The lowest BCUT2D eigenvalue weighted by atomic mass is 10.0. The molecule has 1 aliphatic rings. The van der Waals surface area contributed by atoms with Gasteiger partial charge in [0.1, 0.15) is 5.60 Å². The first-order valence-corrected chi connectivity index (χ1v) is 7.65. The highest BCUT2D eigenvalue weighted by Gasteiger charge is 2.27. The minimum Gasteiger partial charge on any atom is -0.444 e. The lowest BCUT2D eigenvalue weighted by Crippen LogP contribution is -2.49. The first-order valence-electron chi connectivity index (χ1n) is 7.65. The van der Waals surface area contributed by atoms with Gasteiger partial charge in [-0.25, -0.2) is 13.6 Å². The molecule has 1 amide bonds. The molecule has 0 bridgehead atoms. The van der Waals surface area contributed by atoms with E-state index in [9.17, 15) is 13.6 Å². The van der Waals surface area contributed by atoms with E-state index in [2.05, 4.69) is 5.32 Å². The van der Waals surface area contributed by atoms with Crippen LogP contribution in [0.5, 0.6) is 0 Å². The van der Waals surface area contributed by atoms with Crippen LogP contribution in [0, 0.1) is 11.6 Å². The number of rotatable bonds is 2. The number of piperidine rings is 1. The highest BCUT2D eigenvalue weighted by Crippen LogP contribution is 2.30. The number of carbonyl (C=O) groups is 1. The summed E-state index contributed by atoms with van der Waals surface area (Å²) in [6.45, 7) is 6.24. The van der Waals surface area contributed by atoms with Crippen LogP contribution in [-0.4, -0.2) is 30.8 Å². The molecule has 0 radical (unpaired) electrons. The standard InChI is InChI=1S/C16H23F2N3O2/c1-16(2,3)23-15(22)20-10-5-4-8-21(9-10)14-12(19)7-6-11(17)13(14)18/h6-7,10H,4-5,8-9,19H2,1-3H3,(H,20,22)/t10-/m1/s1. The Labute approximate surface area is 134 Å². The van der Waals surface area contributed by atoms with Crippen molar-refractivity contribution in [3.63, 3.8) is 0 Å².